The fourth-order valence-electron chi connectivity index (χ4n) is 2.69. The van der Waals surface area contributed by atoms with Gasteiger partial charge in [0, 0.05) is 17.8 Å². The SMILES string of the molecule is CC1CCCCCC1NC(=O)c1ccc(C#CCO)cn1. The number of hydrogen-bond donors (Lipinski definition) is 2. The smallest absolute Gasteiger partial charge is 0.270 e. The number of aromatic nitrogens is 1. The summed E-state index contributed by atoms with van der Waals surface area (Å²) in [6.45, 7) is 2.03. The Morgan fingerprint density at radius 2 is 2.19 bits per heavy atom. The Balaban J connectivity index is 1.99. The largest absolute Gasteiger partial charge is 0.384 e. The maximum absolute atomic E-state index is 12.2. The Kier molecular flexibility index (Phi) is 5.77. The number of carbonyl (C=O) groups excluding carboxylic acids is 1. The normalized spacial score (nSPS) is 21.8. The Labute approximate surface area is 126 Å². The van der Waals surface area contributed by atoms with Gasteiger partial charge in [-0.1, -0.05) is 38.0 Å². The molecule has 0 aliphatic heterocycles. The van der Waals surface area contributed by atoms with Crippen LogP contribution >= 0.6 is 0 Å². The van der Waals surface area contributed by atoms with Gasteiger partial charge in [0.2, 0.25) is 0 Å². The van der Waals surface area contributed by atoms with Crippen LogP contribution in [0, 0.1) is 17.8 Å². The zero-order valence-electron chi connectivity index (χ0n) is 12.4. The molecule has 4 nitrogen and oxygen atoms in total. The van der Waals surface area contributed by atoms with Gasteiger partial charge in [-0.05, 0) is 30.9 Å². The van der Waals surface area contributed by atoms with E-state index in [9.17, 15) is 4.79 Å². The maximum atomic E-state index is 12.2. The molecule has 0 bridgehead atoms. The van der Waals surface area contributed by atoms with Crippen LogP contribution in [0.1, 0.15) is 55.1 Å². The molecule has 0 radical (unpaired) electrons. The third-order valence-electron chi connectivity index (χ3n) is 3.99. The van der Waals surface area contributed by atoms with Gasteiger partial charge in [0.25, 0.3) is 5.91 Å². The van der Waals surface area contributed by atoms with Crippen LogP contribution in [0.5, 0.6) is 0 Å². The Morgan fingerprint density at radius 3 is 2.90 bits per heavy atom. The lowest BCUT2D eigenvalue weighted by molar-refractivity contribution is 0.0916. The number of nitrogens with one attached hydrogen (secondary N) is 1. The molecule has 2 rings (SSSR count). The predicted octanol–water partition coefficient (Wildman–Crippen LogP) is 2.12. The quantitative estimate of drug-likeness (QED) is 0.646. The van der Waals surface area contributed by atoms with Gasteiger partial charge in [-0.15, -0.1) is 0 Å². The summed E-state index contributed by atoms with van der Waals surface area (Å²) < 4.78 is 0. The first-order chi connectivity index (χ1) is 10.2. The van der Waals surface area contributed by atoms with Crippen LogP contribution in [0.3, 0.4) is 0 Å². The highest BCUT2D eigenvalue weighted by Crippen LogP contribution is 2.23. The molecule has 112 valence electrons. The van der Waals surface area contributed by atoms with E-state index in [-0.39, 0.29) is 18.6 Å². The summed E-state index contributed by atoms with van der Waals surface area (Å²) in [6, 6.07) is 3.68. The molecule has 1 heterocycles. The van der Waals surface area contributed by atoms with E-state index >= 15 is 0 Å². The minimum absolute atomic E-state index is 0.115. The Bertz CT molecular complexity index is 528. The van der Waals surface area contributed by atoms with E-state index in [0.29, 0.717) is 17.2 Å². The second-order valence-corrected chi connectivity index (χ2v) is 5.59. The van der Waals surface area contributed by atoms with Gasteiger partial charge in [-0.3, -0.25) is 4.79 Å². The highest BCUT2D eigenvalue weighted by atomic mass is 16.2. The number of carbonyl (C=O) groups is 1. The Morgan fingerprint density at radius 1 is 1.38 bits per heavy atom. The van der Waals surface area contributed by atoms with Crippen molar-refractivity contribution in [3.8, 4) is 11.8 Å². The zero-order chi connectivity index (χ0) is 15.1. The third kappa shape index (κ3) is 4.57. The van der Waals surface area contributed by atoms with Gasteiger partial charge in [0.15, 0.2) is 0 Å². The summed E-state index contributed by atoms with van der Waals surface area (Å²) in [7, 11) is 0. The lowest BCUT2D eigenvalue weighted by atomic mass is 9.97. The molecule has 1 amide bonds. The van der Waals surface area contributed by atoms with Crippen molar-refractivity contribution < 1.29 is 9.90 Å². The van der Waals surface area contributed by atoms with Crippen LogP contribution in [0.25, 0.3) is 0 Å². The van der Waals surface area contributed by atoms with E-state index in [1.807, 2.05) is 0 Å². The van der Waals surface area contributed by atoms with Crippen molar-refractivity contribution in [3.05, 3.63) is 29.6 Å². The molecule has 1 aliphatic carbocycles. The third-order valence-corrected chi connectivity index (χ3v) is 3.99. The molecule has 21 heavy (non-hydrogen) atoms. The molecule has 0 saturated heterocycles. The van der Waals surface area contributed by atoms with E-state index in [1.165, 1.54) is 25.7 Å². The van der Waals surface area contributed by atoms with Gasteiger partial charge in [-0.2, -0.15) is 0 Å². The molecule has 1 aliphatic rings. The number of aliphatic hydroxyl groups is 1. The van der Waals surface area contributed by atoms with Crippen molar-refractivity contribution in [2.24, 2.45) is 5.92 Å². The van der Waals surface area contributed by atoms with Crippen LogP contribution in [0.15, 0.2) is 18.3 Å². The number of hydrogen-bond acceptors (Lipinski definition) is 3. The van der Waals surface area contributed by atoms with E-state index in [1.54, 1.807) is 18.3 Å². The van der Waals surface area contributed by atoms with Gasteiger partial charge in [0.05, 0.1) is 0 Å². The highest BCUT2D eigenvalue weighted by molar-refractivity contribution is 5.92. The van der Waals surface area contributed by atoms with Crippen LogP contribution in [-0.2, 0) is 0 Å². The number of amides is 1. The Hall–Kier alpha value is -1.86. The van der Waals surface area contributed by atoms with E-state index in [4.69, 9.17) is 5.11 Å². The van der Waals surface area contributed by atoms with Gasteiger partial charge in [0.1, 0.15) is 12.3 Å². The molecule has 1 saturated carbocycles. The number of aliphatic hydroxyl groups excluding tert-OH is 1. The van der Waals surface area contributed by atoms with E-state index in [2.05, 4.69) is 29.1 Å². The first-order valence-corrected chi connectivity index (χ1v) is 7.57. The number of rotatable bonds is 2. The van der Waals surface area contributed by atoms with E-state index in [0.717, 1.165) is 6.42 Å². The van der Waals surface area contributed by atoms with Crippen LogP contribution in [-0.4, -0.2) is 28.6 Å². The summed E-state index contributed by atoms with van der Waals surface area (Å²) in [5, 5.41) is 11.8. The lowest BCUT2D eigenvalue weighted by Gasteiger charge is -2.22. The van der Waals surface area contributed by atoms with Crippen LogP contribution < -0.4 is 5.32 Å². The monoisotopic (exact) mass is 286 g/mol. The van der Waals surface area contributed by atoms with E-state index < -0.39 is 0 Å². The fourth-order valence-corrected chi connectivity index (χ4v) is 2.69. The predicted molar refractivity (Wildman–Crippen MR) is 81.7 cm³/mol. The lowest BCUT2D eigenvalue weighted by Crippen LogP contribution is -2.39. The topological polar surface area (TPSA) is 62.2 Å². The van der Waals surface area contributed by atoms with Crippen molar-refractivity contribution in [1.82, 2.24) is 10.3 Å². The molecule has 0 spiro atoms. The molecule has 2 atom stereocenters. The number of pyridine rings is 1. The van der Waals surface area contributed by atoms with Crippen molar-refractivity contribution >= 4 is 5.91 Å². The second kappa shape index (κ2) is 7.80. The minimum atomic E-state index is -0.179. The minimum Gasteiger partial charge on any atom is -0.384 e. The summed E-state index contributed by atoms with van der Waals surface area (Å²) in [4.78, 5) is 16.4. The zero-order valence-corrected chi connectivity index (χ0v) is 12.4. The van der Waals surface area contributed by atoms with Gasteiger partial charge < -0.3 is 10.4 Å². The van der Waals surface area contributed by atoms with Crippen molar-refractivity contribution in [2.45, 2.75) is 45.1 Å². The molecule has 4 heteroatoms. The van der Waals surface area contributed by atoms with Crippen molar-refractivity contribution in [3.63, 3.8) is 0 Å². The molecular formula is C17H22N2O2. The summed E-state index contributed by atoms with van der Waals surface area (Å²) in [5.74, 6) is 5.72. The van der Waals surface area contributed by atoms with Gasteiger partial charge in [-0.25, -0.2) is 4.98 Å². The van der Waals surface area contributed by atoms with Crippen molar-refractivity contribution in [1.29, 1.82) is 0 Å². The second-order valence-electron chi connectivity index (χ2n) is 5.59. The molecule has 1 aromatic rings. The standard InChI is InChI=1S/C17H22N2O2/c1-13-6-3-2-4-8-15(13)19-17(21)16-10-9-14(12-18-16)7-5-11-20/h9-10,12-13,15,20H,2-4,6,8,11H2,1H3,(H,19,21). The molecule has 1 fully saturated rings. The molecule has 0 aromatic carbocycles. The average molecular weight is 286 g/mol. The molecular weight excluding hydrogens is 264 g/mol. The summed E-state index contributed by atoms with van der Waals surface area (Å²) in [6.07, 6.45) is 7.48. The van der Waals surface area contributed by atoms with Crippen molar-refractivity contribution in [2.75, 3.05) is 6.61 Å². The summed E-state index contributed by atoms with van der Waals surface area (Å²) in [5.41, 5.74) is 1.12. The fraction of sp³-hybridized carbons (Fsp3) is 0.529. The van der Waals surface area contributed by atoms with Crippen LogP contribution in [0.4, 0.5) is 0 Å². The maximum Gasteiger partial charge on any atom is 0.270 e. The number of nitrogens with zero attached hydrogens (tertiary/aromatic N) is 1. The summed E-state index contributed by atoms with van der Waals surface area (Å²) >= 11 is 0. The first-order valence-electron chi connectivity index (χ1n) is 7.57. The van der Waals surface area contributed by atoms with Gasteiger partial charge >= 0.3 is 0 Å². The van der Waals surface area contributed by atoms with Crippen LogP contribution in [0.2, 0.25) is 0 Å². The molecule has 1 aromatic heterocycles. The highest BCUT2D eigenvalue weighted by Gasteiger charge is 2.22. The molecule has 2 N–H and O–H groups in total. The molecule has 2 unspecified atom stereocenters. The average Bonchev–Trinajstić information content (AvgIpc) is 2.70. The first kappa shape index (κ1) is 15.5.